The predicted octanol–water partition coefficient (Wildman–Crippen LogP) is 0.782. The Morgan fingerprint density at radius 3 is 2.43 bits per heavy atom. The van der Waals surface area contributed by atoms with Crippen molar-refractivity contribution in [1.29, 1.82) is 0 Å². The van der Waals surface area contributed by atoms with Crippen LogP contribution in [-0.2, 0) is 14.3 Å². The quantitative estimate of drug-likeness (QED) is 0.707. The fourth-order valence-electron chi connectivity index (χ4n) is 4.81. The van der Waals surface area contributed by atoms with Gasteiger partial charge in [-0.25, -0.2) is 4.79 Å². The van der Waals surface area contributed by atoms with Crippen LogP contribution in [-0.4, -0.2) is 92.0 Å². The van der Waals surface area contributed by atoms with Gasteiger partial charge in [0.05, 0.1) is 38.5 Å². The molecule has 1 aromatic rings. The number of carbonyl (C=O) groups excluding carboxylic acids is 2. The van der Waals surface area contributed by atoms with Gasteiger partial charge in [0.15, 0.2) is 0 Å². The normalized spacial score (nSPS) is 29.3. The molecule has 1 aromatic carbocycles. The lowest BCUT2D eigenvalue weighted by Crippen LogP contribution is -2.45. The molecule has 0 radical (unpaired) electrons. The summed E-state index contributed by atoms with van der Waals surface area (Å²) >= 11 is 0. The zero-order valence-corrected chi connectivity index (χ0v) is 17.4. The third kappa shape index (κ3) is 4.77. The largest absolute Gasteiger partial charge is 0.488 e. The number of rotatable bonds is 5. The molecule has 2 heterocycles. The zero-order chi connectivity index (χ0) is 21.1. The minimum atomic E-state index is -0.540. The summed E-state index contributed by atoms with van der Waals surface area (Å²) in [5, 5.41) is 10.6. The van der Waals surface area contributed by atoms with Crippen molar-refractivity contribution in [2.75, 3.05) is 53.0 Å². The van der Waals surface area contributed by atoms with Crippen molar-refractivity contribution in [3.63, 3.8) is 0 Å². The van der Waals surface area contributed by atoms with Gasteiger partial charge < -0.3 is 24.2 Å². The van der Waals surface area contributed by atoms with E-state index >= 15 is 0 Å². The molecule has 2 saturated heterocycles. The van der Waals surface area contributed by atoms with Crippen LogP contribution in [0.3, 0.4) is 0 Å². The highest BCUT2D eigenvalue weighted by atomic mass is 16.5. The summed E-state index contributed by atoms with van der Waals surface area (Å²) in [5.41, 5.74) is 0.463. The van der Waals surface area contributed by atoms with Crippen molar-refractivity contribution in [1.82, 2.24) is 9.80 Å². The van der Waals surface area contributed by atoms with Crippen molar-refractivity contribution in [2.45, 2.75) is 25.0 Å². The second-order valence-electron chi connectivity index (χ2n) is 8.42. The van der Waals surface area contributed by atoms with Crippen LogP contribution in [0.1, 0.15) is 23.2 Å². The number of benzene rings is 1. The van der Waals surface area contributed by atoms with Crippen molar-refractivity contribution >= 4 is 11.9 Å². The van der Waals surface area contributed by atoms with Crippen molar-refractivity contribution < 1.29 is 28.9 Å². The van der Waals surface area contributed by atoms with Gasteiger partial charge in [0.1, 0.15) is 11.9 Å². The summed E-state index contributed by atoms with van der Waals surface area (Å²) in [7, 11) is 1.35. The van der Waals surface area contributed by atoms with Crippen molar-refractivity contribution in [2.24, 2.45) is 11.8 Å². The number of likely N-dealkylation sites (tertiary alicyclic amines) is 1. The predicted molar refractivity (Wildman–Crippen MR) is 108 cm³/mol. The maximum Gasteiger partial charge on any atom is 0.337 e. The molecule has 0 unspecified atom stereocenters. The summed E-state index contributed by atoms with van der Waals surface area (Å²) in [4.78, 5) is 28.2. The molecule has 1 N–H and O–H groups in total. The van der Waals surface area contributed by atoms with Crippen molar-refractivity contribution in [3.8, 4) is 5.75 Å². The molecule has 4 rings (SSSR count). The lowest BCUT2D eigenvalue weighted by Gasteiger charge is -2.35. The number of hydrogen-bond donors (Lipinski definition) is 1. The summed E-state index contributed by atoms with van der Waals surface area (Å²) in [6.07, 6.45) is 0.608. The van der Waals surface area contributed by atoms with E-state index in [9.17, 15) is 14.7 Å². The molecule has 3 fully saturated rings. The number of esters is 1. The summed E-state index contributed by atoms with van der Waals surface area (Å²) < 4.78 is 16.1. The van der Waals surface area contributed by atoms with E-state index in [0.717, 1.165) is 19.5 Å². The molecule has 8 heteroatoms. The Balaban J connectivity index is 1.31. The Labute approximate surface area is 176 Å². The van der Waals surface area contributed by atoms with E-state index < -0.39 is 6.10 Å². The van der Waals surface area contributed by atoms with Gasteiger partial charge in [-0.3, -0.25) is 9.69 Å². The number of amides is 1. The first-order valence-electron chi connectivity index (χ1n) is 10.6. The van der Waals surface area contributed by atoms with Crippen LogP contribution >= 0.6 is 0 Å². The molecular formula is C22H30N2O6. The van der Waals surface area contributed by atoms with Gasteiger partial charge in [0.2, 0.25) is 5.91 Å². The molecule has 164 valence electrons. The topological polar surface area (TPSA) is 88.5 Å². The van der Waals surface area contributed by atoms with Gasteiger partial charge in [-0.1, -0.05) is 0 Å². The van der Waals surface area contributed by atoms with Gasteiger partial charge in [0, 0.05) is 26.2 Å². The molecule has 0 bridgehead atoms. The fourth-order valence-corrected chi connectivity index (χ4v) is 4.81. The Kier molecular flexibility index (Phi) is 6.55. The first kappa shape index (κ1) is 21.1. The fraction of sp³-hybridized carbons (Fsp3) is 0.636. The number of methoxy groups -OCH3 is 1. The summed E-state index contributed by atoms with van der Waals surface area (Å²) in [5.74, 6) is 1.20. The second-order valence-corrected chi connectivity index (χ2v) is 8.42. The zero-order valence-electron chi connectivity index (χ0n) is 17.4. The first-order valence-corrected chi connectivity index (χ1v) is 10.6. The molecule has 30 heavy (non-hydrogen) atoms. The van der Waals surface area contributed by atoms with Gasteiger partial charge in [-0.05, 0) is 48.9 Å². The molecule has 3 aliphatic rings. The van der Waals surface area contributed by atoms with Crippen LogP contribution in [0.2, 0.25) is 0 Å². The highest BCUT2D eigenvalue weighted by molar-refractivity contribution is 5.89. The Morgan fingerprint density at radius 2 is 1.77 bits per heavy atom. The number of aliphatic hydroxyl groups is 1. The summed E-state index contributed by atoms with van der Waals surface area (Å²) in [6, 6.07) is 6.78. The van der Waals surface area contributed by atoms with E-state index in [1.807, 2.05) is 4.90 Å². The third-order valence-electron chi connectivity index (χ3n) is 6.45. The average Bonchev–Trinajstić information content (AvgIpc) is 3.15. The van der Waals surface area contributed by atoms with Crippen LogP contribution in [0.4, 0.5) is 0 Å². The van der Waals surface area contributed by atoms with Gasteiger partial charge in [0.25, 0.3) is 0 Å². The number of ether oxygens (including phenoxy) is 3. The van der Waals surface area contributed by atoms with Gasteiger partial charge in [-0.2, -0.15) is 0 Å². The number of fused-ring (bicyclic) bond motifs is 1. The third-order valence-corrected chi connectivity index (χ3v) is 6.45. The van der Waals surface area contributed by atoms with E-state index in [4.69, 9.17) is 14.2 Å². The second kappa shape index (κ2) is 9.32. The monoisotopic (exact) mass is 418 g/mol. The summed E-state index contributed by atoms with van der Waals surface area (Å²) in [6.45, 7) is 4.70. The smallest absolute Gasteiger partial charge is 0.337 e. The Hall–Kier alpha value is -2.16. The molecule has 8 nitrogen and oxygen atoms in total. The highest BCUT2D eigenvalue weighted by Crippen LogP contribution is 2.38. The molecule has 0 spiro atoms. The van der Waals surface area contributed by atoms with E-state index in [0.29, 0.717) is 62.4 Å². The molecular weight excluding hydrogens is 388 g/mol. The van der Waals surface area contributed by atoms with E-state index in [1.165, 1.54) is 7.11 Å². The minimum absolute atomic E-state index is 0.163. The molecule has 0 aromatic heterocycles. The van der Waals surface area contributed by atoms with Crippen LogP contribution in [0.25, 0.3) is 0 Å². The van der Waals surface area contributed by atoms with Gasteiger partial charge >= 0.3 is 5.97 Å². The number of aliphatic hydroxyl groups excluding tert-OH is 1. The van der Waals surface area contributed by atoms with Crippen LogP contribution in [0.15, 0.2) is 24.3 Å². The van der Waals surface area contributed by atoms with E-state index in [-0.39, 0.29) is 18.0 Å². The Morgan fingerprint density at radius 1 is 1.10 bits per heavy atom. The molecule has 4 atom stereocenters. The lowest BCUT2D eigenvalue weighted by molar-refractivity contribution is -0.136. The van der Waals surface area contributed by atoms with Gasteiger partial charge in [-0.15, -0.1) is 0 Å². The molecule has 1 amide bonds. The number of carbonyl (C=O) groups is 2. The van der Waals surface area contributed by atoms with E-state index in [1.54, 1.807) is 24.3 Å². The highest BCUT2D eigenvalue weighted by Gasteiger charge is 2.43. The SMILES string of the molecule is COC(=O)c1ccc(O[C@@H]2C[C@@H]3CN(CC(=O)N4CCOCC4)C[C@@H]3C[C@H]2O)cc1. The first-order chi connectivity index (χ1) is 14.5. The van der Waals surface area contributed by atoms with Crippen LogP contribution in [0.5, 0.6) is 5.75 Å². The molecule has 1 aliphatic carbocycles. The minimum Gasteiger partial charge on any atom is -0.488 e. The lowest BCUT2D eigenvalue weighted by atomic mass is 9.78. The molecule has 1 saturated carbocycles. The number of morpholine rings is 1. The number of nitrogens with zero attached hydrogens (tertiary/aromatic N) is 2. The van der Waals surface area contributed by atoms with Crippen molar-refractivity contribution in [3.05, 3.63) is 29.8 Å². The average molecular weight is 418 g/mol. The van der Waals surface area contributed by atoms with Crippen LogP contribution < -0.4 is 4.74 Å². The molecule has 2 aliphatic heterocycles. The standard InChI is InChI=1S/C22H30N2O6/c1-28-22(27)15-2-4-18(5-3-15)30-20-11-17-13-23(12-16(17)10-19(20)25)14-21(26)24-6-8-29-9-7-24/h2-5,16-17,19-20,25H,6-14H2,1H3/t16-,17+,19+,20+/m0/s1. The van der Waals surface area contributed by atoms with E-state index in [2.05, 4.69) is 4.90 Å². The Bertz CT molecular complexity index is 748. The van der Waals surface area contributed by atoms with Crippen LogP contribution in [0, 0.1) is 11.8 Å². The maximum atomic E-state index is 12.5. The number of hydrogen-bond acceptors (Lipinski definition) is 7. The maximum absolute atomic E-state index is 12.5.